The lowest BCUT2D eigenvalue weighted by Crippen LogP contribution is -2.31. The smallest absolute Gasteiger partial charge is 0.119 e. The molecule has 1 unspecified atom stereocenters. The van der Waals surface area contributed by atoms with Crippen molar-refractivity contribution in [2.24, 2.45) is 0 Å². The second-order valence-corrected chi connectivity index (χ2v) is 5.24. The van der Waals surface area contributed by atoms with E-state index in [1.165, 1.54) is 12.8 Å². The average Bonchev–Trinajstić information content (AvgIpc) is 3.24. The van der Waals surface area contributed by atoms with Crippen LogP contribution in [-0.2, 0) is 0 Å². The molecule has 0 aromatic heterocycles. The van der Waals surface area contributed by atoms with Crippen molar-refractivity contribution in [3.63, 3.8) is 0 Å². The molecule has 3 heteroatoms. The minimum Gasteiger partial charge on any atom is -0.494 e. The van der Waals surface area contributed by atoms with Crippen LogP contribution < -0.4 is 4.74 Å². The molecule has 1 aliphatic carbocycles. The molecule has 106 valence electrons. The summed E-state index contributed by atoms with van der Waals surface area (Å²) >= 11 is 0. The van der Waals surface area contributed by atoms with Crippen LogP contribution in [0.3, 0.4) is 0 Å². The van der Waals surface area contributed by atoms with Gasteiger partial charge in [0.1, 0.15) is 5.75 Å². The molecule has 1 aromatic rings. The Kier molecular flexibility index (Phi) is 5.23. The summed E-state index contributed by atoms with van der Waals surface area (Å²) in [7, 11) is 0. The summed E-state index contributed by atoms with van der Waals surface area (Å²) in [5, 5.41) is 10.3. The van der Waals surface area contributed by atoms with Crippen molar-refractivity contribution in [1.82, 2.24) is 4.90 Å². The van der Waals surface area contributed by atoms with E-state index in [2.05, 4.69) is 11.8 Å². The van der Waals surface area contributed by atoms with Gasteiger partial charge in [-0.05, 0) is 50.4 Å². The third-order valence-electron chi connectivity index (χ3n) is 3.56. The van der Waals surface area contributed by atoms with E-state index in [4.69, 9.17) is 4.74 Å². The number of benzene rings is 1. The van der Waals surface area contributed by atoms with Crippen LogP contribution in [-0.4, -0.2) is 35.7 Å². The number of aliphatic hydroxyl groups is 1. The Hall–Kier alpha value is -1.06. The monoisotopic (exact) mass is 263 g/mol. The van der Waals surface area contributed by atoms with Crippen molar-refractivity contribution in [1.29, 1.82) is 0 Å². The maximum absolute atomic E-state index is 10.3. The first-order valence-corrected chi connectivity index (χ1v) is 7.39. The molecule has 0 saturated heterocycles. The zero-order valence-corrected chi connectivity index (χ0v) is 12.0. The van der Waals surface area contributed by atoms with Gasteiger partial charge in [-0.3, -0.25) is 4.90 Å². The average molecular weight is 263 g/mol. The molecule has 1 aliphatic rings. The highest BCUT2D eigenvalue weighted by Crippen LogP contribution is 2.29. The van der Waals surface area contributed by atoms with Crippen LogP contribution in [0.4, 0.5) is 0 Å². The highest BCUT2D eigenvalue weighted by atomic mass is 16.5. The maximum Gasteiger partial charge on any atom is 0.119 e. The van der Waals surface area contributed by atoms with Crippen molar-refractivity contribution in [2.45, 2.75) is 45.3 Å². The van der Waals surface area contributed by atoms with E-state index in [1.807, 2.05) is 31.2 Å². The summed E-state index contributed by atoms with van der Waals surface area (Å²) in [6.07, 6.45) is 3.32. The van der Waals surface area contributed by atoms with E-state index in [1.54, 1.807) is 0 Å². The minimum absolute atomic E-state index is 0.400. The number of rotatable bonds is 8. The van der Waals surface area contributed by atoms with Crippen molar-refractivity contribution in [3.05, 3.63) is 29.8 Å². The summed E-state index contributed by atoms with van der Waals surface area (Å²) in [5.41, 5.74) is 0.977. The van der Waals surface area contributed by atoms with Crippen LogP contribution in [0.5, 0.6) is 5.75 Å². The molecule has 0 bridgehead atoms. The van der Waals surface area contributed by atoms with Crippen LogP contribution in [0.15, 0.2) is 24.3 Å². The molecule has 0 aliphatic heterocycles. The fourth-order valence-corrected chi connectivity index (χ4v) is 2.43. The van der Waals surface area contributed by atoms with Gasteiger partial charge in [0.25, 0.3) is 0 Å². The van der Waals surface area contributed by atoms with Crippen molar-refractivity contribution < 1.29 is 9.84 Å². The maximum atomic E-state index is 10.3. The summed E-state index contributed by atoms with van der Waals surface area (Å²) in [6, 6.07) is 8.50. The van der Waals surface area contributed by atoms with E-state index >= 15 is 0 Å². The largest absolute Gasteiger partial charge is 0.494 e. The molecule has 1 fully saturated rings. The van der Waals surface area contributed by atoms with Crippen molar-refractivity contribution in [3.8, 4) is 5.75 Å². The molecular formula is C16H25NO2. The van der Waals surface area contributed by atoms with Gasteiger partial charge in [0.2, 0.25) is 0 Å². The second kappa shape index (κ2) is 6.92. The van der Waals surface area contributed by atoms with Crippen molar-refractivity contribution >= 4 is 0 Å². The Morgan fingerprint density at radius 1 is 1.26 bits per heavy atom. The van der Waals surface area contributed by atoms with Gasteiger partial charge in [-0.2, -0.15) is 0 Å². The fraction of sp³-hybridized carbons (Fsp3) is 0.625. The van der Waals surface area contributed by atoms with Gasteiger partial charge in [0.05, 0.1) is 12.7 Å². The van der Waals surface area contributed by atoms with Gasteiger partial charge in [-0.25, -0.2) is 0 Å². The molecule has 3 nitrogen and oxygen atoms in total. The summed E-state index contributed by atoms with van der Waals surface area (Å²) in [6.45, 7) is 6.67. The van der Waals surface area contributed by atoms with E-state index < -0.39 is 6.10 Å². The van der Waals surface area contributed by atoms with Gasteiger partial charge >= 0.3 is 0 Å². The number of aliphatic hydroxyl groups excluding tert-OH is 1. The van der Waals surface area contributed by atoms with Gasteiger partial charge in [-0.15, -0.1) is 0 Å². The first-order valence-electron chi connectivity index (χ1n) is 7.39. The van der Waals surface area contributed by atoms with Crippen LogP contribution in [0, 0.1) is 0 Å². The molecule has 19 heavy (non-hydrogen) atoms. The lowest BCUT2D eigenvalue weighted by atomic mass is 10.1. The lowest BCUT2D eigenvalue weighted by molar-refractivity contribution is 0.108. The van der Waals surface area contributed by atoms with Gasteiger partial charge < -0.3 is 9.84 Å². The Morgan fingerprint density at radius 2 is 1.95 bits per heavy atom. The molecule has 0 amide bonds. The molecule has 0 heterocycles. The molecule has 1 atom stereocenters. The Bertz CT molecular complexity index is 373. The van der Waals surface area contributed by atoms with E-state index in [0.29, 0.717) is 12.6 Å². The highest BCUT2D eigenvalue weighted by molar-refractivity contribution is 5.28. The van der Waals surface area contributed by atoms with Crippen LogP contribution in [0.1, 0.15) is 44.8 Å². The molecule has 2 rings (SSSR count). The van der Waals surface area contributed by atoms with E-state index in [-0.39, 0.29) is 0 Å². The highest BCUT2D eigenvalue weighted by Gasteiger charge is 2.29. The lowest BCUT2D eigenvalue weighted by Gasteiger charge is -2.24. The minimum atomic E-state index is -0.400. The zero-order chi connectivity index (χ0) is 13.7. The molecule has 0 spiro atoms. The number of hydrogen-bond donors (Lipinski definition) is 1. The SMILES string of the molecule is CCCN(CC(O)c1ccc(OCC)cc1)C1CC1. The fourth-order valence-electron chi connectivity index (χ4n) is 2.43. The van der Waals surface area contributed by atoms with Gasteiger partial charge in [0, 0.05) is 12.6 Å². The van der Waals surface area contributed by atoms with E-state index in [9.17, 15) is 5.11 Å². The quantitative estimate of drug-likeness (QED) is 0.782. The van der Waals surface area contributed by atoms with Crippen LogP contribution >= 0.6 is 0 Å². The third-order valence-corrected chi connectivity index (χ3v) is 3.56. The third kappa shape index (κ3) is 4.22. The predicted molar refractivity (Wildman–Crippen MR) is 77.5 cm³/mol. The molecular weight excluding hydrogens is 238 g/mol. The second-order valence-electron chi connectivity index (χ2n) is 5.24. The topological polar surface area (TPSA) is 32.7 Å². The Morgan fingerprint density at radius 3 is 2.47 bits per heavy atom. The van der Waals surface area contributed by atoms with Gasteiger partial charge in [-0.1, -0.05) is 19.1 Å². The van der Waals surface area contributed by atoms with E-state index in [0.717, 1.165) is 30.8 Å². The standard InChI is InChI=1S/C16H25NO2/c1-3-11-17(14-7-8-14)12-16(18)13-5-9-15(10-6-13)19-4-2/h5-6,9-10,14,16,18H,3-4,7-8,11-12H2,1-2H3. The number of hydrogen-bond acceptors (Lipinski definition) is 3. The number of ether oxygens (including phenoxy) is 1. The first kappa shape index (κ1) is 14.4. The molecule has 1 aromatic carbocycles. The summed E-state index contributed by atoms with van der Waals surface area (Å²) < 4.78 is 5.42. The van der Waals surface area contributed by atoms with Crippen LogP contribution in [0.25, 0.3) is 0 Å². The summed E-state index contributed by atoms with van der Waals surface area (Å²) in [4.78, 5) is 2.42. The summed E-state index contributed by atoms with van der Waals surface area (Å²) in [5.74, 6) is 0.867. The normalized spacial score (nSPS) is 16.6. The van der Waals surface area contributed by atoms with Crippen molar-refractivity contribution in [2.75, 3.05) is 19.7 Å². The molecule has 1 N–H and O–H groups in total. The first-order chi connectivity index (χ1) is 9.24. The zero-order valence-electron chi connectivity index (χ0n) is 12.0. The Labute approximate surface area is 116 Å². The number of nitrogens with zero attached hydrogens (tertiary/aromatic N) is 1. The predicted octanol–water partition coefficient (Wildman–Crippen LogP) is 2.99. The molecule has 0 radical (unpaired) electrons. The van der Waals surface area contributed by atoms with Gasteiger partial charge in [0.15, 0.2) is 0 Å². The Balaban J connectivity index is 1.92. The van der Waals surface area contributed by atoms with Crippen LogP contribution in [0.2, 0.25) is 0 Å². The molecule has 1 saturated carbocycles.